The summed E-state index contributed by atoms with van der Waals surface area (Å²) in [7, 11) is 0. The van der Waals surface area contributed by atoms with Crippen LogP contribution in [0.15, 0.2) is 18.2 Å². The third kappa shape index (κ3) is 2.76. The van der Waals surface area contributed by atoms with Crippen LogP contribution in [0.5, 0.6) is 5.75 Å². The van der Waals surface area contributed by atoms with Gasteiger partial charge in [-0.25, -0.2) is 0 Å². The summed E-state index contributed by atoms with van der Waals surface area (Å²) in [6.07, 6.45) is 2.20. The number of benzene rings is 1. The molecule has 1 atom stereocenters. The maximum atomic E-state index is 10.7. The Kier molecular flexibility index (Phi) is 3.75. The van der Waals surface area contributed by atoms with Crippen LogP contribution in [0.2, 0.25) is 0 Å². The summed E-state index contributed by atoms with van der Waals surface area (Å²) in [6, 6.07) is 6.37. The number of rotatable bonds is 4. The Balaban J connectivity index is 2.05. The molecular formula is C12H13N3O3. The lowest BCUT2D eigenvalue weighted by molar-refractivity contribution is -0.385. The molecule has 6 nitrogen and oxygen atoms in total. The molecule has 1 aliphatic heterocycles. The zero-order chi connectivity index (χ0) is 13.0. The van der Waals surface area contributed by atoms with Crippen molar-refractivity contribution in [2.75, 3.05) is 13.2 Å². The fourth-order valence-electron chi connectivity index (χ4n) is 1.95. The fourth-order valence-corrected chi connectivity index (χ4v) is 1.95. The quantitative estimate of drug-likeness (QED) is 0.644. The Morgan fingerprint density at radius 3 is 3.06 bits per heavy atom. The van der Waals surface area contributed by atoms with E-state index in [1.807, 2.05) is 6.07 Å². The minimum absolute atomic E-state index is 0.0249. The maximum absolute atomic E-state index is 10.7. The van der Waals surface area contributed by atoms with Gasteiger partial charge in [-0.15, -0.1) is 0 Å². The van der Waals surface area contributed by atoms with Crippen LogP contribution in [0.4, 0.5) is 5.69 Å². The standard InChI is InChI=1S/C12H13N3O3/c13-7-9-6-11(3-4-12(9)15(16)17)18-8-10-2-1-5-14-10/h3-4,6,10,14H,1-2,5,8H2. The number of ether oxygens (including phenoxy) is 1. The number of hydrogen-bond donors (Lipinski definition) is 1. The lowest BCUT2D eigenvalue weighted by Crippen LogP contribution is -2.28. The number of nitrogens with one attached hydrogen (secondary N) is 1. The normalized spacial score (nSPS) is 18.3. The molecule has 1 N–H and O–H groups in total. The first-order valence-electron chi connectivity index (χ1n) is 5.75. The average Bonchev–Trinajstić information content (AvgIpc) is 2.88. The van der Waals surface area contributed by atoms with Gasteiger partial charge in [-0.3, -0.25) is 10.1 Å². The molecular weight excluding hydrogens is 234 g/mol. The summed E-state index contributed by atoms with van der Waals surface area (Å²) < 4.78 is 5.53. The van der Waals surface area contributed by atoms with Crippen molar-refractivity contribution in [1.82, 2.24) is 5.32 Å². The van der Waals surface area contributed by atoms with Gasteiger partial charge in [0.15, 0.2) is 0 Å². The van der Waals surface area contributed by atoms with E-state index in [0.29, 0.717) is 18.4 Å². The molecule has 1 fully saturated rings. The van der Waals surface area contributed by atoms with Crippen molar-refractivity contribution in [2.45, 2.75) is 18.9 Å². The van der Waals surface area contributed by atoms with Crippen molar-refractivity contribution in [1.29, 1.82) is 5.26 Å². The van der Waals surface area contributed by atoms with Crippen molar-refractivity contribution in [2.24, 2.45) is 0 Å². The van der Waals surface area contributed by atoms with E-state index in [0.717, 1.165) is 19.4 Å². The van der Waals surface area contributed by atoms with Gasteiger partial charge >= 0.3 is 0 Å². The Hall–Kier alpha value is -2.13. The number of nitro benzene ring substituents is 1. The molecule has 1 aromatic rings. The predicted octanol–water partition coefficient (Wildman–Crippen LogP) is 1.60. The van der Waals surface area contributed by atoms with Gasteiger partial charge in [0, 0.05) is 18.2 Å². The molecule has 6 heteroatoms. The molecule has 0 saturated carbocycles. The van der Waals surface area contributed by atoms with Crippen LogP contribution in [-0.4, -0.2) is 24.1 Å². The second-order valence-electron chi connectivity index (χ2n) is 4.15. The van der Waals surface area contributed by atoms with Crippen molar-refractivity contribution in [3.05, 3.63) is 33.9 Å². The first-order valence-corrected chi connectivity index (χ1v) is 5.75. The molecule has 0 spiro atoms. The van der Waals surface area contributed by atoms with E-state index in [-0.39, 0.29) is 11.3 Å². The molecule has 1 aliphatic rings. The van der Waals surface area contributed by atoms with E-state index < -0.39 is 4.92 Å². The van der Waals surface area contributed by atoms with Gasteiger partial charge in [0.05, 0.1) is 4.92 Å². The minimum Gasteiger partial charge on any atom is -0.492 e. The highest BCUT2D eigenvalue weighted by Crippen LogP contribution is 2.23. The van der Waals surface area contributed by atoms with Crippen LogP contribution in [0.3, 0.4) is 0 Å². The molecule has 1 saturated heterocycles. The molecule has 0 aromatic heterocycles. The summed E-state index contributed by atoms with van der Waals surface area (Å²) >= 11 is 0. The van der Waals surface area contributed by atoms with E-state index in [4.69, 9.17) is 10.00 Å². The van der Waals surface area contributed by atoms with Crippen LogP contribution in [0, 0.1) is 21.4 Å². The largest absolute Gasteiger partial charge is 0.492 e. The van der Waals surface area contributed by atoms with E-state index in [9.17, 15) is 10.1 Å². The molecule has 18 heavy (non-hydrogen) atoms. The van der Waals surface area contributed by atoms with Crippen molar-refractivity contribution in [3.8, 4) is 11.8 Å². The average molecular weight is 247 g/mol. The lowest BCUT2D eigenvalue weighted by Gasteiger charge is -2.12. The summed E-state index contributed by atoms with van der Waals surface area (Å²) in [5, 5.41) is 22.8. The topological polar surface area (TPSA) is 88.2 Å². The Morgan fingerprint density at radius 1 is 1.61 bits per heavy atom. The molecule has 0 bridgehead atoms. The van der Waals surface area contributed by atoms with E-state index >= 15 is 0 Å². The second-order valence-corrected chi connectivity index (χ2v) is 4.15. The molecule has 0 amide bonds. The fraction of sp³-hybridized carbons (Fsp3) is 0.417. The zero-order valence-electron chi connectivity index (χ0n) is 9.76. The monoisotopic (exact) mass is 247 g/mol. The minimum atomic E-state index is -0.569. The third-order valence-corrected chi connectivity index (χ3v) is 2.90. The van der Waals surface area contributed by atoms with Gasteiger partial charge in [0.25, 0.3) is 5.69 Å². The predicted molar refractivity (Wildman–Crippen MR) is 64.3 cm³/mol. The van der Waals surface area contributed by atoms with Gasteiger partial charge in [-0.05, 0) is 25.5 Å². The van der Waals surface area contributed by atoms with E-state index in [1.165, 1.54) is 18.2 Å². The third-order valence-electron chi connectivity index (χ3n) is 2.90. The van der Waals surface area contributed by atoms with Crippen molar-refractivity contribution in [3.63, 3.8) is 0 Å². The first kappa shape index (κ1) is 12.3. The van der Waals surface area contributed by atoms with Crippen LogP contribution in [0.1, 0.15) is 18.4 Å². The Bertz CT molecular complexity index is 490. The van der Waals surface area contributed by atoms with Gasteiger partial charge < -0.3 is 10.1 Å². The van der Waals surface area contributed by atoms with Crippen LogP contribution in [0.25, 0.3) is 0 Å². The molecule has 1 aromatic carbocycles. The van der Waals surface area contributed by atoms with Crippen LogP contribution < -0.4 is 10.1 Å². The Morgan fingerprint density at radius 2 is 2.44 bits per heavy atom. The number of nitriles is 1. The van der Waals surface area contributed by atoms with Gasteiger partial charge in [0.1, 0.15) is 24.0 Å². The maximum Gasteiger partial charge on any atom is 0.287 e. The summed E-state index contributed by atoms with van der Waals surface area (Å²) in [6.45, 7) is 1.51. The number of hydrogen-bond acceptors (Lipinski definition) is 5. The molecule has 0 radical (unpaired) electrons. The summed E-state index contributed by atoms with van der Waals surface area (Å²) in [5.41, 5.74) is -0.166. The molecule has 0 aliphatic carbocycles. The van der Waals surface area contributed by atoms with E-state index in [2.05, 4.69) is 5.32 Å². The molecule has 1 unspecified atom stereocenters. The van der Waals surface area contributed by atoms with Crippen LogP contribution >= 0.6 is 0 Å². The molecule has 94 valence electrons. The van der Waals surface area contributed by atoms with Gasteiger partial charge in [-0.2, -0.15) is 5.26 Å². The van der Waals surface area contributed by atoms with Crippen molar-refractivity contribution >= 4 is 5.69 Å². The van der Waals surface area contributed by atoms with Crippen molar-refractivity contribution < 1.29 is 9.66 Å². The summed E-state index contributed by atoms with van der Waals surface area (Å²) in [4.78, 5) is 10.1. The highest BCUT2D eigenvalue weighted by atomic mass is 16.6. The first-order chi connectivity index (χ1) is 8.70. The lowest BCUT2D eigenvalue weighted by atomic mass is 10.2. The Labute approximate surface area is 104 Å². The van der Waals surface area contributed by atoms with Crippen LogP contribution in [-0.2, 0) is 0 Å². The summed E-state index contributed by atoms with van der Waals surface area (Å²) in [5.74, 6) is 0.492. The SMILES string of the molecule is N#Cc1cc(OCC2CCCN2)ccc1[N+](=O)[O-]. The van der Waals surface area contributed by atoms with Gasteiger partial charge in [0.2, 0.25) is 0 Å². The smallest absolute Gasteiger partial charge is 0.287 e. The highest BCUT2D eigenvalue weighted by molar-refractivity contribution is 5.52. The molecule has 2 rings (SSSR count). The molecule has 1 heterocycles. The number of nitrogens with zero attached hydrogens (tertiary/aromatic N) is 2. The van der Waals surface area contributed by atoms with E-state index in [1.54, 1.807) is 0 Å². The van der Waals surface area contributed by atoms with Gasteiger partial charge in [-0.1, -0.05) is 0 Å². The highest BCUT2D eigenvalue weighted by Gasteiger charge is 2.17. The number of nitro groups is 1. The second kappa shape index (κ2) is 5.47. The zero-order valence-corrected chi connectivity index (χ0v) is 9.76.